The molecule has 1 aliphatic carbocycles. The second kappa shape index (κ2) is 7.54. The van der Waals surface area contributed by atoms with Gasteiger partial charge in [-0.2, -0.15) is 0 Å². The van der Waals surface area contributed by atoms with Gasteiger partial charge < -0.3 is 4.90 Å². The Kier molecular flexibility index (Phi) is 5.01. The van der Waals surface area contributed by atoms with Gasteiger partial charge in [-0.25, -0.2) is 0 Å². The zero-order valence-electron chi connectivity index (χ0n) is 17.7. The lowest BCUT2D eigenvalue weighted by molar-refractivity contribution is -0.137. The molecule has 156 valence electrons. The van der Waals surface area contributed by atoms with Crippen molar-refractivity contribution in [3.63, 3.8) is 0 Å². The minimum atomic E-state index is -0.281. The molecule has 0 unspecified atom stereocenters. The van der Waals surface area contributed by atoms with E-state index in [1.807, 2.05) is 29.2 Å². The predicted molar refractivity (Wildman–Crippen MR) is 115 cm³/mol. The third-order valence-corrected chi connectivity index (χ3v) is 8.15. The van der Waals surface area contributed by atoms with E-state index in [4.69, 9.17) is 0 Å². The van der Waals surface area contributed by atoms with Crippen molar-refractivity contribution in [2.75, 3.05) is 4.90 Å². The molecule has 2 bridgehead atoms. The fourth-order valence-corrected chi connectivity index (χ4v) is 6.93. The highest BCUT2D eigenvalue weighted by Crippen LogP contribution is 2.49. The van der Waals surface area contributed by atoms with Crippen molar-refractivity contribution in [1.29, 1.82) is 0 Å². The number of hydrogen-bond donors (Lipinski definition) is 0. The maximum Gasteiger partial charge on any atom is 0.294 e. The summed E-state index contributed by atoms with van der Waals surface area (Å²) in [7, 11) is 0. The molecule has 1 aromatic carbocycles. The first kappa shape index (κ1) is 19.3. The number of anilines is 1. The van der Waals surface area contributed by atoms with Crippen LogP contribution in [0.25, 0.3) is 0 Å². The molecule has 0 aromatic heterocycles. The van der Waals surface area contributed by atoms with Gasteiger partial charge in [-0.1, -0.05) is 50.3 Å². The lowest BCUT2D eigenvalue weighted by Crippen LogP contribution is -2.61. The summed E-state index contributed by atoms with van der Waals surface area (Å²) in [5.74, 6) is -0.528. The number of rotatable bonds is 2. The molecule has 0 spiro atoms. The van der Waals surface area contributed by atoms with Crippen LogP contribution >= 0.6 is 0 Å². The van der Waals surface area contributed by atoms with E-state index in [-0.39, 0.29) is 29.7 Å². The van der Waals surface area contributed by atoms with Gasteiger partial charge in [0.1, 0.15) is 0 Å². The summed E-state index contributed by atoms with van der Waals surface area (Å²) in [5, 5.41) is 0. The number of nitrogens with zero attached hydrogens (tertiary/aromatic N) is 2. The number of piperidine rings is 1. The van der Waals surface area contributed by atoms with Gasteiger partial charge in [-0.15, -0.1) is 0 Å². The van der Waals surface area contributed by atoms with Crippen LogP contribution in [0, 0.1) is 0 Å². The third kappa shape index (κ3) is 3.34. The highest BCUT2D eigenvalue weighted by Gasteiger charge is 2.53. The molecule has 2 saturated heterocycles. The molecule has 0 radical (unpaired) electrons. The van der Waals surface area contributed by atoms with E-state index in [0.29, 0.717) is 12.1 Å². The number of carbonyl (C=O) groups is 2. The standard InChI is InChI=1S/C25H34N2O2/c1-25-14-13-20(27(25)19-10-5-3-2-4-6-11-19)16-21(17-25)26-22-12-8-7-9-18(22)15-23(28)24(26)29/h7-9,12,19-21H,2-6,10-11,13-17H2,1H3/t20-,21+,25+/m0/s1. The molecule has 1 saturated carbocycles. The number of Topliss-reactive ketones (excluding diaryl/α,β-unsaturated/α-hetero) is 1. The molecule has 1 aromatic rings. The minimum Gasteiger partial charge on any atom is -0.302 e. The molecule has 0 N–H and O–H groups in total. The van der Waals surface area contributed by atoms with Gasteiger partial charge in [0.2, 0.25) is 5.78 Å². The van der Waals surface area contributed by atoms with E-state index >= 15 is 0 Å². The maximum atomic E-state index is 13.0. The van der Waals surface area contributed by atoms with Gasteiger partial charge >= 0.3 is 0 Å². The Morgan fingerprint density at radius 2 is 1.62 bits per heavy atom. The fourth-order valence-electron chi connectivity index (χ4n) is 6.93. The van der Waals surface area contributed by atoms with E-state index < -0.39 is 0 Å². The Morgan fingerprint density at radius 1 is 0.897 bits per heavy atom. The van der Waals surface area contributed by atoms with E-state index in [9.17, 15) is 9.59 Å². The third-order valence-electron chi connectivity index (χ3n) is 8.15. The van der Waals surface area contributed by atoms with Crippen LogP contribution in [0.5, 0.6) is 0 Å². The van der Waals surface area contributed by atoms with Crippen LogP contribution < -0.4 is 4.90 Å². The predicted octanol–water partition coefficient (Wildman–Crippen LogP) is 4.64. The van der Waals surface area contributed by atoms with Gasteiger partial charge in [-0.05, 0) is 57.1 Å². The van der Waals surface area contributed by atoms with Gasteiger partial charge in [0, 0.05) is 35.8 Å². The summed E-state index contributed by atoms with van der Waals surface area (Å²) in [4.78, 5) is 30.2. The fraction of sp³-hybridized carbons (Fsp3) is 0.680. The average Bonchev–Trinajstić information content (AvgIpc) is 2.88. The number of amides is 1. The largest absolute Gasteiger partial charge is 0.302 e. The van der Waals surface area contributed by atoms with Crippen LogP contribution in [0.4, 0.5) is 5.69 Å². The summed E-state index contributed by atoms with van der Waals surface area (Å²) >= 11 is 0. The molecule has 3 fully saturated rings. The van der Waals surface area contributed by atoms with Crippen molar-refractivity contribution in [3.05, 3.63) is 29.8 Å². The van der Waals surface area contributed by atoms with E-state index in [0.717, 1.165) is 24.1 Å². The molecule has 3 heterocycles. The smallest absolute Gasteiger partial charge is 0.294 e. The molecular weight excluding hydrogens is 360 g/mol. The van der Waals surface area contributed by atoms with Crippen molar-refractivity contribution in [2.24, 2.45) is 0 Å². The Labute approximate surface area is 174 Å². The van der Waals surface area contributed by atoms with E-state index in [1.165, 1.54) is 57.8 Å². The van der Waals surface area contributed by atoms with Crippen LogP contribution in [-0.2, 0) is 16.0 Å². The molecule has 5 rings (SSSR count). The summed E-state index contributed by atoms with van der Waals surface area (Å²) in [5.41, 5.74) is 2.15. The molecule has 3 aliphatic heterocycles. The average molecular weight is 395 g/mol. The molecule has 3 atom stereocenters. The monoisotopic (exact) mass is 394 g/mol. The zero-order chi connectivity index (χ0) is 20.0. The second-order valence-corrected chi connectivity index (χ2v) is 10.1. The van der Waals surface area contributed by atoms with Crippen molar-refractivity contribution in [3.8, 4) is 0 Å². The van der Waals surface area contributed by atoms with E-state index in [2.05, 4.69) is 11.8 Å². The van der Waals surface area contributed by atoms with Gasteiger partial charge in [0.25, 0.3) is 5.91 Å². The number of benzene rings is 1. The molecule has 29 heavy (non-hydrogen) atoms. The normalized spacial score (nSPS) is 34.0. The molecule has 4 heteroatoms. The molecule has 4 aliphatic rings. The van der Waals surface area contributed by atoms with Crippen LogP contribution in [0.3, 0.4) is 0 Å². The van der Waals surface area contributed by atoms with Crippen molar-refractivity contribution >= 4 is 17.4 Å². The van der Waals surface area contributed by atoms with Crippen LogP contribution in [0.1, 0.15) is 83.1 Å². The minimum absolute atomic E-state index is 0.148. The van der Waals surface area contributed by atoms with Crippen molar-refractivity contribution in [1.82, 2.24) is 4.90 Å². The molecule has 4 nitrogen and oxygen atoms in total. The maximum absolute atomic E-state index is 13.0. The van der Waals surface area contributed by atoms with Crippen LogP contribution in [0.2, 0.25) is 0 Å². The van der Waals surface area contributed by atoms with Crippen molar-refractivity contribution in [2.45, 2.75) is 108 Å². The number of hydrogen-bond acceptors (Lipinski definition) is 3. The number of para-hydroxylation sites is 1. The van der Waals surface area contributed by atoms with Crippen molar-refractivity contribution < 1.29 is 9.59 Å². The number of fused-ring (bicyclic) bond motifs is 3. The lowest BCUT2D eigenvalue weighted by atomic mass is 9.81. The Balaban J connectivity index is 1.42. The number of ketones is 1. The van der Waals surface area contributed by atoms with Gasteiger partial charge in [0.05, 0.1) is 0 Å². The summed E-state index contributed by atoms with van der Waals surface area (Å²) in [6, 6.07) is 9.42. The summed E-state index contributed by atoms with van der Waals surface area (Å²) in [6.45, 7) is 2.43. The molecule has 1 amide bonds. The SMILES string of the molecule is C[C@@]12CC[C@@H](C[C@@H](N3C(=O)C(=O)Cc4ccccc43)C1)N2C1CCCCCCC1. The van der Waals surface area contributed by atoms with Gasteiger partial charge in [0.15, 0.2) is 0 Å². The Bertz CT molecular complexity index is 798. The quantitative estimate of drug-likeness (QED) is 0.686. The lowest BCUT2D eigenvalue weighted by Gasteiger charge is -2.52. The van der Waals surface area contributed by atoms with Gasteiger partial charge in [-0.3, -0.25) is 14.5 Å². The van der Waals surface area contributed by atoms with Crippen LogP contribution in [0.15, 0.2) is 24.3 Å². The Morgan fingerprint density at radius 3 is 2.38 bits per heavy atom. The zero-order valence-corrected chi connectivity index (χ0v) is 17.7. The highest BCUT2D eigenvalue weighted by atomic mass is 16.2. The second-order valence-electron chi connectivity index (χ2n) is 10.1. The summed E-state index contributed by atoms with van der Waals surface area (Å²) in [6.07, 6.45) is 14.3. The topological polar surface area (TPSA) is 40.6 Å². The number of carbonyl (C=O) groups excluding carboxylic acids is 2. The summed E-state index contributed by atoms with van der Waals surface area (Å²) < 4.78 is 0. The van der Waals surface area contributed by atoms with Crippen LogP contribution in [-0.4, -0.2) is 40.3 Å². The first-order valence-electron chi connectivity index (χ1n) is 11.8. The molecular formula is C25H34N2O2. The highest BCUT2D eigenvalue weighted by molar-refractivity contribution is 6.43. The first-order valence-corrected chi connectivity index (χ1v) is 11.8. The van der Waals surface area contributed by atoms with E-state index in [1.54, 1.807) is 0 Å². The Hall–Kier alpha value is -1.68. The first-order chi connectivity index (χ1) is 14.1.